The van der Waals surface area contributed by atoms with Crippen molar-refractivity contribution in [2.45, 2.75) is 19.4 Å². The van der Waals surface area contributed by atoms with Crippen LogP contribution in [0.2, 0.25) is 0 Å². The van der Waals surface area contributed by atoms with Gasteiger partial charge in [-0.3, -0.25) is 4.84 Å². The van der Waals surface area contributed by atoms with E-state index in [0.29, 0.717) is 6.04 Å². The van der Waals surface area contributed by atoms with Gasteiger partial charge in [0.25, 0.3) is 0 Å². The molecule has 1 aromatic carbocycles. The molecule has 1 aromatic rings. The second kappa shape index (κ2) is 3.77. The van der Waals surface area contributed by atoms with Gasteiger partial charge in [0.05, 0.1) is 12.6 Å². The topological polar surface area (TPSA) is 21.7 Å². The molecule has 2 rings (SSSR count). The third-order valence-electron chi connectivity index (χ3n) is 2.05. The summed E-state index contributed by atoms with van der Waals surface area (Å²) in [7, 11) is 0. The number of nitrogens with zero attached hydrogens (tertiary/aromatic N) is 1. The van der Waals surface area contributed by atoms with E-state index in [9.17, 15) is 0 Å². The summed E-state index contributed by atoms with van der Waals surface area (Å²) in [6, 6.07) is 10.00. The molecule has 1 saturated heterocycles. The molecule has 3 nitrogen and oxygen atoms in total. The predicted octanol–water partition coefficient (Wildman–Crippen LogP) is 2.01. The second-order valence-corrected chi connectivity index (χ2v) is 3.16. The lowest BCUT2D eigenvalue weighted by Gasteiger charge is -2.18. The minimum Gasteiger partial charge on any atom is -0.380 e. The van der Waals surface area contributed by atoms with Crippen LogP contribution in [0, 0.1) is 0 Å². The first-order valence-corrected chi connectivity index (χ1v) is 4.51. The van der Waals surface area contributed by atoms with E-state index < -0.39 is 0 Å². The van der Waals surface area contributed by atoms with Crippen LogP contribution < -0.4 is 4.84 Å². The first-order valence-electron chi connectivity index (χ1n) is 4.51. The first kappa shape index (κ1) is 8.53. The quantitative estimate of drug-likeness (QED) is 0.693. The molecule has 0 bridgehead atoms. The minimum atomic E-state index is 0.334. The number of rotatable bonds is 2. The van der Waals surface area contributed by atoms with E-state index in [-0.39, 0.29) is 0 Å². The van der Waals surface area contributed by atoms with Crippen molar-refractivity contribution in [1.82, 2.24) is 5.23 Å². The van der Waals surface area contributed by atoms with E-state index in [1.165, 1.54) is 0 Å². The highest BCUT2D eigenvalue weighted by atomic mass is 17.0. The van der Waals surface area contributed by atoms with Crippen LogP contribution in [-0.2, 0) is 4.84 Å². The molecule has 0 saturated carbocycles. The lowest BCUT2D eigenvalue weighted by molar-refractivity contribution is -0.301. The zero-order chi connectivity index (χ0) is 9.10. The van der Waals surface area contributed by atoms with Gasteiger partial charge < -0.3 is 4.84 Å². The molecule has 70 valence electrons. The zero-order valence-corrected chi connectivity index (χ0v) is 7.64. The Labute approximate surface area is 77.8 Å². The smallest absolute Gasteiger partial charge is 0.150 e. The zero-order valence-electron chi connectivity index (χ0n) is 7.64. The van der Waals surface area contributed by atoms with Crippen molar-refractivity contribution in [3.63, 3.8) is 0 Å². The van der Waals surface area contributed by atoms with Crippen LogP contribution in [0.4, 0.5) is 0 Å². The van der Waals surface area contributed by atoms with Crippen molar-refractivity contribution in [3.8, 4) is 5.75 Å². The Morgan fingerprint density at radius 2 is 2.15 bits per heavy atom. The van der Waals surface area contributed by atoms with Crippen molar-refractivity contribution in [3.05, 3.63) is 30.3 Å². The fourth-order valence-corrected chi connectivity index (χ4v) is 1.25. The first-order chi connectivity index (χ1) is 6.36. The fourth-order valence-electron chi connectivity index (χ4n) is 1.25. The summed E-state index contributed by atoms with van der Waals surface area (Å²) in [5, 5.41) is 1.56. The predicted molar refractivity (Wildman–Crippen MR) is 48.9 cm³/mol. The molecular formula is C10H13NO2. The Morgan fingerprint density at radius 1 is 1.38 bits per heavy atom. The molecule has 1 unspecified atom stereocenters. The molecule has 0 N–H and O–H groups in total. The highest BCUT2D eigenvalue weighted by Gasteiger charge is 2.23. The van der Waals surface area contributed by atoms with Crippen molar-refractivity contribution < 1.29 is 9.68 Å². The maximum Gasteiger partial charge on any atom is 0.150 e. The molecule has 1 aliphatic heterocycles. The third kappa shape index (κ3) is 1.99. The van der Waals surface area contributed by atoms with Crippen LogP contribution in [0.15, 0.2) is 30.3 Å². The van der Waals surface area contributed by atoms with Crippen LogP contribution in [-0.4, -0.2) is 17.9 Å². The van der Waals surface area contributed by atoms with E-state index >= 15 is 0 Å². The summed E-state index contributed by atoms with van der Waals surface area (Å²) in [5.74, 6) is 0.816. The van der Waals surface area contributed by atoms with E-state index in [1.807, 2.05) is 30.3 Å². The van der Waals surface area contributed by atoms with E-state index in [4.69, 9.17) is 9.68 Å². The van der Waals surface area contributed by atoms with E-state index in [2.05, 4.69) is 6.92 Å². The Morgan fingerprint density at radius 3 is 2.77 bits per heavy atom. The summed E-state index contributed by atoms with van der Waals surface area (Å²) in [6.07, 6.45) is 1.02. The van der Waals surface area contributed by atoms with Gasteiger partial charge in [0.15, 0.2) is 5.75 Å². The Bertz CT molecular complexity index is 263. The summed E-state index contributed by atoms with van der Waals surface area (Å²) >= 11 is 0. The van der Waals surface area contributed by atoms with Crippen LogP contribution in [0.3, 0.4) is 0 Å². The normalized spacial score (nSPS) is 23.3. The van der Waals surface area contributed by atoms with Gasteiger partial charge >= 0.3 is 0 Å². The van der Waals surface area contributed by atoms with Gasteiger partial charge in [-0.15, -0.1) is 0 Å². The third-order valence-corrected chi connectivity index (χ3v) is 2.05. The molecule has 13 heavy (non-hydrogen) atoms. The maximum absolute atomic E-state index is 5.50. The van der Waals surface area contributed by atoms with E-state index in [0.717, 1.165) is 18.8 Å². The van der Waals surface area contributed by atoms with Gasteiger partial charge in [-0.2, -0.15) is 0 Å². The van der Waals surface area contributed by atoms with Gasteiger partial charge in [-0.1, -0.05) is 18.2 Å². The molecule has 3 heteroatoms. The van der Waals surface area contributed by atoms with Crippen molar-refractivity contribution in [2.24, 2.45) is 0 Å². The van der Waals surface area contributed by atoms with Crippen LogP contribution in [0.1, 0.15) is 13.3 Å². The highest BCUT2D eigenvalue weighted by molar-refractivity contribution is 5.20. The largest absolute Gasteiger partial charge is 0.380 e. The second-order valence-electron chi connectivity index (χ2n) is 3.16. The number of hydrogen-bond donors (Lipinski definition) is 0. The van der Waals surface area contributed by atoms with Crippen molar-refractivity contribution in [1.29, 1.82) is 0 Å². The van der Waals surface area contributed by atoms with Crippen molar-refractivity contribution >= 4 is 0 Å². The Hall–Kier alpha value is -1.06. The molecule has 0 aromatic heterocycles. The van der Waals surface area contributed by atoms with Gasteiger partial charge in [0.2, 0.25) is 0 Å². The molecule has 1 fully saturated rings. The molecule has 0 spiro atoms. The average molecular weight is 179 g/mol. The standard InChI is InChI=1S/C10H13NO2/c1-9-7-8-12-11(9)13-10-5-3-2-4-6-10/h2-6,9H,7-8H2,1H3. The van der Waals surface area contributed by atoms with E-state index in [1.54, 1.807) is 5.23 Å². The minimum absolute atomic E-state index is 0.334. The summed E-state index contributed by atoms with van der Waals surface area (Å²) in [4.78, 5) is 10.8. The summed E-state index contributed by atoms with van der Waals surface area (Å²) in [5.41, 5.74) is 0. The SMILES string of the molecule is CC1CCON1Oc1ccccc1. The molecule has 1 heterocycles. The monoisotopic (exact) mass is 179 g/mol. The Kier molecular flexibility index (Phi) is 2.47. The number of hydroxylamine groups is 2. The lowest BCUT2D eigenvalue weighted by atomic mass is 10.3. The molecule has 1 atom stereocenters. The van der Waals surface area contributed by atoms with Crippen LogP contribution >= 0.6 is 0 Å². The van der Waals surface area contributed by atoms with Gasteiger partial charge in [0, 0.05) is 0 Å². The summed E-state index contributed by atoms with van der Waals surface area (Å²) < 4.78 is 0. The molecule has 1 aliphatic rings. The number of benzene rings is 1. The molecule has 0 aliphatic carbocycles. The fraction of sp³-hybridized carbons (Fsp3) is 0.400. The molecule has 0 radical (unpaired) electrons. The van der Waals surface area contributed by atoms with Crippen LogP contribution in [0.5, 0.6) is 5.75 Å². The maximum atomic E-state index is 5.50. The Balaban J connectivity index is 1.98. The van der Waals surface area contributed by atoms with Gasteiger partial charge in [-0.25, -0.2) is 0 Å². The van der Waals surface area contributed by atoms with Crippen LogP contribution in [0.25, 0.3) is 0 Å². The summed E-state index contributed by atoms with van der Waals surface area (Å²) in [6.45, 7) is 2.82. The molecular weight excluding hydrogens is 166 g/mol. The lowest BCUT2D eigenvalue weighted by Crippen LogP contribution is -2.29. The average Bonchev–Trinajstić information content (AvgIpc) is 2.54. The molecule has 0 amide bonds. The number of hydrogen-bond acceptors (Lipinski definition) is 3. The van der Waals surface area contributed by atoms with Gasteiger partial charge in [0.1, 0.15) is 0 Å². The number of para-hydroxylation sites is 1. The highest BCUT2D eigenvalue weighted by Crippen LogP contribution is 2.18. The van der Waals surface area contributed by atoms with Gasteiger partial charge in [-0.05, 0) is 30.7 Å². The van der Waals surface area contributed by atoms with Crippen molar-refractivity contribution in [2.75, 3.05) is 6.61 Å².